The second kappa shape index (κ2) is 9.97. The minimum Gasteiger partial charge on any atom is -0.494 e. The van der Waals surface area contributed by atoms with Crippen LogP contribution in [0, 0.1) is 13.8 Å². The molecule has 0 aliphatic carbocycles. The number of aromatic nitrogens is 4. The number of tetrazole rings is 1. The molecule has 164 valence electrons. The Hall–Kier alpha value is -3.17. The third kappa shape index (κ3) is 5.00. The molecule has 1 N–H and O–H groups in total. The number of nitrogens with one attached hydrogen (secondary N) is 1. The van der Waals surface area contributed by atoms with Crippen molar-refractivity contribution in [2.24, 2.45) is 0 Å². The topological polar surface area (TPSA) is 81.9 Å². The summed E-state index contributed by atoms with van der Waals surface area (Å²) in [6.07, 6.45) is 0. The summed E-state index contributed by atoms with van der Waals surface area (Å²) in [4.78, 5) is 14.0. The summed E-state index contributed by atoms with van der Waals surface area (Å²) >= 11 is 2.90. The number of thioether (sulfide) groups is 1. The quantitative estimate of drug-likeness (QED) is 0.390. The van der Waals surface area contributed by atoms with Crippen molar-refractivity contribution < 1.29 is 9.53 Å². The Morgan fingerprint density at radius 1 is 1.16 bits per heavy atom. The highest BCUT2D eigenvalue weighted by molar-refractivity contribution is 7.99. The first-order chi connectivity index (χ1) is 15.5. The molecule has 1 amide bonds. The van der Waals surface area contributed by atoms with Gasteiger partial charge in [0.05, 0.1) is 18.9 Å². The Bertz CT molecular complexity index is 1190. The predicted molar refractivity (Wildman–Crippen MR) is 127 cm³/mol. The summed E-state index contributed by atoms with van der Waals surface area (Å²) in [5.41, 5.74) is 4.02. The first-order valence-electron chi connectivity index (χ1n) is 10.0. The van der Waals surface area contributed by atoms with Gasteiger partial charge >= 0.3 is 0 Å². The highest BCUT2D eigenvalue weighted by atomic mass is 32.2. The third-order valence-corrected chi connectivity index (χ3v) is 6.74. The maximum atomic E-state index is 12.9. The van der Waals surface area contributed by atoms with Crippen molar-refractivity contribution in [1.29, 1.82) is 0 Å². The van der Waals surface area contributed by atoms with Gasteiger partial charge in [-0.2, -0.15) is 4.68 Å². The number of rotatable bonds is 8. The van der Waals surface area contributed by atoms with Crippen LogP contribution in [0.3, 0.4) is 0 Å². The molecule has 0 aliphatic heterocycles. The Morgan fingerprint density at radius 3 is 2.66 bits per heavy atom. The van der Waals surface area contributed by atoms with Gasteiger partial charge in [-0.15, -0.1) is 16.4 Å². The van der Waals surface area contributed by atoms with Gasteiger partial charge in [-0.1, -0.05) is 53.7 Å². The van der Waals surface area contributed by atoms with Crippen LogP contribution in [0.5, 0.6) is 5.75 Å². The number of hydrogen-bond donors (Lipinski definition) is 1. The van der Waals surface area contributed by atoms with E-state index in [1.807, 2.05) is 49.6 Å². The molecule has 0 spiro atoms. The van der Waals surface area contributed by atoms with Crippen LogP contribution < -0.4 is 10.1 Å². The van der Waals surface area contributed by atoms with E-state index < -0.39 is 0 Å². The zero-order chi connectivity index (χ0) is 22.5. The van der Waals surface area contributed by atoms with Crippen molar-refractivity contribution in [3.63, 3.8) is 0 Å². The molecule has 2 heterocycles. The molecule has 4 aromatic rings. The molecule has 7 nitrogen and oxygen atoms in total. The molecule has 0 aliphatic rings. The third-order valence-electron chi connectivity index (χ3n) is 4.88. The normalized spacial score (nSPS) is 11.8. The molecule has 1 unspecified atom stereocenters. The summed E-state index contributed by atoms with van der Waals surface area (Å²) in [5.74, 6) is 0.744. The average molecular weight is 466 g/mol. The average Bonchev–Trinajstić information content (AvgIpc) is 3.49. The van der Waals surface area contributed by atoms with Gasteiger partial charge in [0.2, 0.25) is 11.1 Å². The summed E-state index contributed by atoms with van der Waals surface area (Å²) in [7, 11) is 1.61. The molecule has 0 saturated heterocycles. The van der Waals surface area contributed by atoms with E-state index in [0.717, 1.165) is 21.7 Å². The van der Waals surface area contributed by atoms with E-state index in [1.54, 1.807) is 23.1 Å². The van der Waals surface area contributed by atoms with E-state index in [4.69, 9.17) is 4.74 Å². The number of methoxy groups -OCH3 is 1. The second-order valence-corrected chi connectivity index (χ2v) is 9.19. The number of thiophene rings is 1. The summed E-state index contributed by atoms with van der Waals surface area (Å²) in [6, 6.07) is 17.8. The minimum atomic E-state index is -0.198. The SMILES string of the molecule is COc1ccc(C)cc1-n1nnnc1SCC(=O)NC(c1ccc(C)cc1)c1cccs1. The summed E-state index contributed by atoms with van der Waals surface area (Å²) in [6.45, 7) is 4.04. The molecule has 0 saturated carbocycles. The van der Waals surface area contributed by atoms with E-state index in [-0.39, 0.29) is 17.7 Å². The summed E-state index contributed by atoms with van der Waals surface area (Å²) in [5, 5.41) is 17.7. The predicted octanol–water partition coefficient (Wildman–Crippen LogP) is 4.35. The lowest BCUT2D eigenvalue weighted by Crippen LogP contribution is -2.30. The lowest BCUT2D eigenvalue weighted by molar-refractivity contribution is -0.119. The van der Waals surface area contributed by atoms with Gasteiger partial charge in [-0.3, -0.25) is 4.79 Å². The van der Waals surface area contributed by atoms with Gasteiger partial charge in [0.1, 0.15) is 11.4 Å². The number of ether oxygens (including phenoxy) is 1. The first-order valence-corrected chi connectivity index (χ1v) is 11.9. The lowest BCUT2D eigenvalue weighted by atomic mass is 10.0. The maximum Gasteiger partial charge on any atom is 0.231 e. The van der Waals surface area contributed by atoms with E-state index in [2.05, 4.69) is 45.1 Å². The van der Waals surface area contributed by atoms with Crippen molar-refractivity contribution in [3.05, 3.63) is 81.5 Å². The monoisotopic (exact) mass is 465 g/mol. The Balaban J connectivity index is 1.49. The highest BCUT2D eigenvalue weighted by Crippen LogP contribution is 2.28. The molecule has 0 radical (unpaired) electrons. The molecule has 32 heavy (non-hydrogen) atoms. The number of carbonyl (C=O) groups excluding carboxylic acids is 1. The van der Waals surface area contributed by atoms with Crippen molar-refractivity contribution >= 4 is 29.0 Å². The summed E-state index contributed by atoms with van der Waals surface area (Å²) < 4.78 is 7.05. The zero-order valence-corrected chi connectivity index (χ0v) is 19.6. The maximum absolute atomic E-state index is 12.9. The Kier molecular flexibility index (Phi) is 6.87. The number of nitrogens with zero attached hydrogens (tertiary/aromatic N) is 4. The molecule has 1 atom stereocenters. The number of aryl methyl sites for hydroxylation is 2. The van der Waals surface area contributed by atoms with E-state index in [0.29, 0.717) is 10.9 Å². The smallest absolute Gasteiger partial charge is 0.231 e. The largest absolute Gasteiger partial charge is 0.494 e. The lowest BCUT2D eigenvalue weighted by Gasteiger charge is -2.18. The van der Waals surface area contributed by atoms with E-state index >= 15 is 0 Å². The van der Waals surface area contributed by atoms with Gasteiger partial charge in [-0.25, -0.2) is 0 Å². The fourth-order valence-electron chi connectivity index (χ4n) is 3.25. The number of carbonyl (C=O) groups is 1. The highest BCUT2D eigenvalue weighted by Gasteiger charge is 2.20. The van der Waals surface area contributed by atoms with Crippen LogP contribution in [0.1, 0.15) is 27.6 Å². The van der Waals surface area contributed by atoms with Gasteiger partial charge in [0.15, 0.2) is 0 Å². The first kappa shape index (κ1) is 22.0. The van der Waals surface area contributed by atoms with Crippen LogP contribution in [-0.2, 0) is 4.79 Å². The van der Waals surface area contributed by atoms with Gasteiger partial charge in [0, 0.05) is 4.88 Å². The standard InChI is InChI=1S/C23H23N5O2S2/c1-15-6-9-17(10-7-15)22(20-5-4-12-31-20)24-21(29)14-32-23-25-26-27-28(23)18-13-16(2)8-11-19(18)30-3/h4-13,22H,14H2,1-3H3,(H,24,29). The molecular formula is C23H23N5O2S2. The molecule has 2 aromatic carbocycles. The van der Waals surface area contributed by atoms with Crippen LogP contribution in [0.25, 0.3) is 5.69 Å². The van der Waals surface area contributed by atoms with Gasteiger partial charge in [0.25, 0.3) is 0 Å². The minimum absolute atomic E-state index is 0.0975. The van der Waals surface area contributed by atoms with Crippen LogP contribution in [0.15, 0.2) is 65.1 Å². The molecule has 0 bridgehead atoms. The molecule has 0 fully saturated rings. The van der Waals surface area contributed by atoms with E-state index in [1.165, 1.54) is 17.3 Å². The van der Waals surface area contributed by atoms with Crippen molar-refractivity contribution in [1.82, 2.24) is 25.5 Å². The van der Waals surface area contributed by atoms with Crippen LogP contribution >= 0.6 is 23.1 Å². The van der Waals surface area contributed by atoms with Gasteiger partial charge in [-0.05, 0) is 59.0 Å². The Labute approximate surface area is 194 Å². The number of benzene rings is 2. The zero-order valence-electron chi connectivity index (χ0n) is 18.0. The molecule has 4 rings (SSSR count). The Morgan fingerprint density at radius 2 is 1.94 bits per heavy atom. The van der Waals surface area contributed by atoms with Crippen molar-refractivity contribution in [2.45, 2.75) is 25.0 Å². The van der Waals surface area contributed by atoms with Crippen LogP contribution in [0.2, 0.25) is 0 Å². The molecular weight excluding hydrogens is 442 g/mol. The van der Waals surface area contributed by atoms with Crippen molar-refractivity contribution in [2.75, 3.05) is 12.9 Å². The molecule has 2 aromatic heterocycles. The second-order valence-electron chi connectivity index (χ2n) is 7.26. The van der Waals surface area contributed by atoms with Gasteiger partial charge < -0.3 is 10.1 Å². The fourth-order valence-corrected chi connectivity index (χ4v) is 4.75. The van der Waals surface area contributed by atoms with Crippen LogP contribution in [-0.4, -0.2) is 39.0 Å². The number of amides is 1. The fraction of sp³-hybridized carbons (Fsp3) is 0.217. The van der Waals surface area contributed by atoms with E-state index in [9.17, 15) is 4.79 Å². The number of hydrogen-bond acceptors (Lipinski definition) is 7. The van der Waals surface area contributed by atoms with Crippen molar-refractivity contribution in [3.8, 4) is 11.4 Å². The van der Waals surface area contributed by atoms with Crippen LogP contribution in [0.4, 0.5) is 0 Å². The molecule has 9 heteroatoms.